The summed E-state index contributed by atoms with van der Waals surface area (Å²) in [5.41, 5.74) is 1.89. The van der Waals surface area contributed by atoms with Gasteiger partial charge in [-0.2, -0.15) is 0 Å². The molecule has 4 nitrogen and oxygen atoms in total. The van der Waals surface area contributed by atoms with E-state index in [9.17, 15) is 4.79 Å². The first-order valence-corrected chi connectivity index (χ1v) is 6.29. The van der Waals surface area contributed by atoms with Crippen molar-refractivity contribution >= 4 is 34.8 Å². The molecule has 1 amide bonds. The molecule has 0 saturated carbocycles. The average Bonchev–Trinajstić information content (AvgIpc) is 2.72. The van der Waals surface area contributed by atoms with Gasteiger partial charge in [0.1, 0.15) is 10.8 Å². The molecule has 6 heteroatoms. The molecule has 2 aromatic rings. The van der Waals surface area contributed by atoms with Crippen molar-refractivity contribution in [3.63, 3.8) is 0 Å². The van der Waals surface area contributed by atoms with Crippen LogP contribution in [0.1, 0.15) is 16.1 Å². The quantitative estimate of drug-likeness (QED) is 0.904. The molecule has 0 spiro atoms. The number of amides is 1. The average molecular weight is 299 g/mol. The number of rotatable bonds is 4. The van der Waals surface area contributed by atoms with E-state index in [4.69, 9.17) is 27.9 Å². The van der Waals surface area contributed by atoms with E-state index in [0.717, 1.165) is 5.56 Å². The van der Waals surface area contributed by atoms with Gasteiger partial charge in [-0.25, -0.2) is 0 Å². The molecule has 0 radical (unpaired) electrons. The van der Waals surface area contributed by atoms with Crippen molar-refractivity contribution in [3.05, 3.63) is 51.8 Å². The van der Waals surface area contributed by atoms with Crippen LogP contribution in [0.5, 0.6) is 0 Å². The number of methoxy groups -OCH3 is 1. The number of nitrogens with one attached hydrogen (secondary N) is 2. The lowest BCUT2D eigenvalue weighted by atomic mass is 10.2. The van der Waals surface area contributed by atoms with E-state index in [-0.39, 0.29) is 11.1 Å². The predicted molar refractivity (Wildman–Crippen MR) is 75.9 cm³/mol. The van der Waals surface area contributed by atoms with E-state index in [2.05, 4.69) is 10.3 Å². The minimum atomic E-state index is -0.308. The highest BCUT2D eigenvalue weighted by molar-refractivity contribution is 6.41. The van der Waals surface area contributed by atoms with Crippen molar-refractivity contribution in [2.75, 3.05) is 12.4 Å². The molecule has 1 heterocycles. The van der Waals surface area contributed by atoms with Crippen molar-refractivity contribution in [2.24, 2.45) is 0 Å². The van der Waals surface area contributed by atoms with Crippen LogP contribution >= 0.6 is 23.2 Å². The molecule has 0 aliphatic carbocycles. The number of carbonyl (C=O) groups is 1. The van der Waals surface area contributed by atoms with Gasteiger partial charge in [-0.1, -0.05) is 41.4 Å². The lowest BCUT2D eigenvalue weighted by Crippen LogP contribution is -2.13. The SMILES string of the molecule is COCc1ccccc1NC(=O)c1cc(Cl)c(Cl)[nH]1. The number of benzene rings is 1. The van der Waals surface area contributed by atoms with Crippen molar-refractivity contribution in [1.82, 2.24) is 4.98 Å². The highest BCUT2D eigenvalue weighted by Gasteiger charge is 2.13. The Morgan fingerprint density at radius 2 is 2.11 bits per heavy atom. The van der Waals surface area contributed by atoms with Crippen molar-refractivity contribution in [2.45, 2.75) is 6.61 Å². The Kier molecular flexibility index (Phi) is 4.47. The van der Waals surface area contributed by atoms with Gasteiger partial charge < -0.3 is 15.0 Å². The maximum atomic E-state index is 12.0. The second kappa shape index (κ2) is 6.10. The Morgan fingerprint density at radius 1 is 1.37 bits per heavy atom. The smallest absolute Gasteiger partial charge is 0.272 e. The van der Waals surface area contributed by atoms with Crippen LogP contribution < -0.4 is 5.32 Å². The highest BCUT2D eigenvalue weighted by Crippen LogP contribution is 2.23. The Bertz CT molecular complexity index is 577. The van der Waals surface area contributed by atoms with Crippen LogP contribution in [0, 0.1) is 0 Å². The number of halogens is 2. The first kappa shape index (κ1) is 13.9. The first-order chi connectivity index (χ1) is 9.11. The van der Waals surface area contributed by atoms with E-state index in [1.54, 1.807) is 13.2 Å². The molecule has 2 N–H and O–H groups in total. The number of hydrogen-bond donors (Lipinski definition) is 2. The minimum Gasteiger partial charge on any atom is -0.380 e. The fourth-order valence-electron chi connectivity index (χ4n) is 1.64. The number of aromatic nitrogens is 1. The van der Waals surface area contributed by atoms with Gasteiger partial charge in [0.25, 0.3) is 5.91 Å². The Morgan fingerprint density at radius 3 is 2.74 bits per heavy atom. The number of H-pyrrole nitrogens is 1. The second-order valence-corrected chi connectivity index (χ2v) is 4.67. The molecule has 1 aromatic heterocycles. The molecule has 1 aromatic carbocycles. The van der Waals surface area contributed by atoms with Gasteiger partial charge in [0.2, 0.25) is 0 Å². The number of carbonyl (C=O) groups excluding carboxylic acids is 1. The fourth-order valence-corrected chi connectivity index (χ4v) is 1.95. The minimum absolute atomic E-state index is 0.247. The summed E-state index contributed by atoms with van der Waals surface area (Å²) in [6.07, 6.45) is 0. The molecule has 0 aliphatic heterocycles. The zero-order valence-corrected chi connectivity index (χ0v) is 11.7. The summed E-state index contributed by atoms with van der Waals surface area (Å²) in [7, 11) is 1.60. The maximum absolute atomic E-state index is 12.0. The standard InChI is InChI=1S/C13H12Cl2N2O2/c1-19-7-8-4-2-3-5-10(8)17-13(18)11-6-9(14)12(15)16-11/h2-6,16H,7H2,1H3,(H,17,18). The molecule has 0 fully saturated rings. The number of para-hydroxylation sites is 1. The van der Waals surface area contributed by atoms with Gasteiger partial charge in [0, 0.05) is 18.4 Å². The van der Waals surface area contributed by atoms with Gasteiger partial charge in [-0.05, 0) is 12.1 Å². The number of aromatic amines is 1. The van der Waals surface area contributed by atoms with Gasteiger partial charge in [-0.15, -0.1) is 0 Å². The van der Waals surface area contributed by atoms with Gasteiger partial charge >= 0.3 is 0 Å². The molecule has 0 bridgehead atoms. The van der Waals surface area contributed by atoms with Crippen LogP contribution in [0.25, 0.3) is 0 Å². The van der Waals surface area contributed by atoms with E-state index in [0.29, 0.717) is 23.0 Å². The molecule has 0 unspecified atom stereocenters. The second-order valence-electron chi connectivity index (χ2n) is 3.89. The number of hydrogen-bond acceptors (Lipinski definition) is 2. The topological polar surface area (TPSA) is 54.1 Å². The third kappa shape index (κ3) is 3.29. The normalized spacial score (nSPS) is 10.5. The summed E-state index contributed by atoms with van der Waals surface area (Å²) >= 11 is 11.6. The molecular formula is C13H12Cl2N2O2. The molecule has 0 aliphatic rings. The summed E-state index contributed by atoms with van der Waals surface area (Å²) < 4.78 is 5.08. The van der Waals surface area contributed by atoms with Gasteiger partial charge in [-0.3, -0.25) is 4.79 Å². The van der Waals surface area contributed by atoms with Crippen molar-refractivity contribution < 1.29 is 9.53 Å². The van der Waals surface area contributed by atoms with Crippen LogP contribution in [-0.2, 0) is 11.3 Å². The monoisotopic (exact) mass is 298 g/mol. The highest BCUT2D eigenvalue weighted by atomic mass is 35.5. The Hall–Kier alpha value is -1.49. The first-order valence-electron chi connectivity index (χ1n) is 5.54. The van der Waals surface area contributed by atoms with E-state index >= 15 is 0 Å². The molecule has 0 saturated heterocycles. The number of anilines is 1. The molecule has 19 heavy (non-hydrogen) atoms. The number of ether oxygens (including phenoxy) is 1. The van der Waals surface area contributed by atoms with Crippen molar-refractivity contribution in [1.29, 1.82) is 0 Å². The Balaban J connectivity index is 2.19. The summed E-state index contributed by atoms with van der Waals surface area (Å²) in [6.45, 7) is 0.419. The third-order valence-electron chi connectivity index (χ3n) is 2.54. The van der Waals surface area contributed by atoms with Crippen LogP contribution in [0.4, 0.5) is 5.69 Å². The largest absolute Gasteiger partial charge is 0.380 e. The summed E-state index contributed by atoms with van der Waals surface area (Å²) in [5.74, 6) is -0.308. The fraction of sp³-hybridized carbons (Fsp3) is 0.154. The Labute approximate surface area is 120 Å². The third-order valence-corrected chi connectivity index (χ3v) is 3.23. The van der Waals surface area contributed by atoms with Crippen LogP contribution in [-0.4, -0.2) is 18.0 Å². The predicted octanol–water partition coefficient (Wildman–Crippen LogP) is 3.72. The van der Waals surface area contributed by atoms with Crippen LogP contribution in [0.15, 0.2) is 30.3 Å². The van der Waals surface area contributed by atoms with Crippen LogP contribution in [0.3, 0.4) is 0 Å². The van der Waals surface area contributed by atoms with Crippen molar-refractivity contribution in [3.8, 4) is 0 Å². The summed E-state index contributed by atoms with van der Waals surface area (Å²) in [4.78, 5) is 14.7. The zero-order chi connectivity index (χ0) is 13.8. The lowest BCUT2D eigenvalue weighted by molar-refractivity contribution is 0.102. The molecular weight excluding hydrogens is 287 g/mol. The van der Waals surface area contributed by atoms with E-state index in [1.165, 1.54) is 6.07 Å². The van der Waals surface area contributed by atoms with E-state index < -0.39 is 0 Å². The van der Waals surface area contributed by atoms with E-state index in [1.807, 2.05) is 18.2 Å². The zero-order valence-electron chi connectivity index (χ0n) is 10.2. The lowest BCUT2D eigenvalue weighted by Gasteiger charge is -2.09. The summed E-state index contributed by atoms with van der Waals surface area (Å²) in [5, 5.41) is 3.35. The summed E-state index contributed by atoms with van der Waals surface area (Å²) in [6, 6.07) is 8.89. The maximum Gasteiger partial charge on any atom is 0.272 e. The molecule has 100 valence electrons. The van der Waals surface area contributed by atoms with Gasteiger partial charge in [0.15, 0.2) is 0 Å². The van der Waals surface area contributed by atoms with Crippen LogP contribution in [0.2, 0.25) is 10.2 Å². The molecule has 2 rings (SSSR count). The van der Waals surface area contributed by atoms with Gasteiger partial charge in [0.05, 0.1) is 11.6 Å². The molecule has 0 atom stereocenters.